The van der Waals surface area contributed by atoms with Crippen molar-refractivity contribution in [2.75, 3.05) is 18.1 Å². The van der Waals surface area contributed by atoms with Crippen LogP contribution in [-0.4, -0.2) is 30.6 Å². The summed E-state index contributed by atoms with van der Waals surface area (Å²) < 4.78 is 5.38. The van der Waals surface area contributed by atoms with Gasteiger partial charge in [0, 0.05) is 12.2 Å². The van der Waals surface area contributed by atoms with Gasteiger partial charge in [-0.3, -0.25) is 0 Å². The summed E-state index contributed by atoms with van der Waals surface area (Å²) in [6.45, 7) is 1.14. The highest BCUT2D eigenvalue weighted by Gasteiger charge is 2.44. The van der Waals surface area contributed by atoms with Crippen molar-refractivity contribution in [1.29, 1.82) is 0 Å². The number of epoxide rings is 1. The third-order valence-corrected chi connectivity index (χ3v) is 2.97. The molecule has 2 aliphatic heterocycles. The molecular weight excluding hydrogens is 178 g/mol. The largest absolute Gasteiger partial charge is 0.393 e. The highest BCUT2D eigenvalue weighted by atomic mass is 16.6. The molecule has 0 spiro atoms. The Balaban J connectivity index is 1.85. The van der Waals surface area contributed by atoms with Crippen molar-refractivity contribution in [1.82, 2.24) is 0 Å². The summed E-state index contributed by atoms with van der Waals surface area (Å²) in [5.41, 5.74) is 2.66. The van der Waals surface area contributed by atoms with Crippen molar-refractivity contribution in [2.45, 2.75) is 18.8 Å². The molecule has 2 atom stereocenters. The number of fused-ring (bicyclic) bond motifs is 1. The molecule has 0 radical (unpaired) electrons. The zero-order valence-electron chi connectivity index (χ0n) is 7.89. The fourth-order valence-corrected chi connectivity index (χ4v) is 2.17. The van der Waals surface area contributed by atoms with Crippen LogP contribution in [0.4, 0.5) is 5.69 Å². The van der Waals surface area contributed by atoms with Gasteiger partial charge in [-0.15, -0.1) is 0 Å². The van der Waals surface area contributed by atoms with Gasteiger partial charge in [0.1, 0.15) is 6.10 Å². The van der Waals surface area contributed by atoms with E-state index in [4.69, 9.17) is 9.84 Å². The third-order valence-electron chi connectivity index (χ3n) is 2.97. The molecule has 0 saturated carbocycles. The van der Waals surface area contributed by atoms with Gasteiger partial charge >= 0.3 is 0 Å². The standard InChI is InChI=1S/C11H13NO2/c13-7-10-11(14-10)12-6-5-8-3-1-2-4-9(8)12/h1-4,10-11,13H,5-7H2. The topological polar surface area (TPSA) is 36.0 Å². The molecule has 2 aliphatic rings. The maximum absolute atomic E-state index is 8.93. The summed E-state index contributed by atoms with van der Waals surface area (Å²) in [5, 5.41) is 8.93. The van der Waals surface area contributed by atoms with E-state index < -0.39 is 0 Å². The lowest BCUT2D eigenvalue weighted by Crippen LogP contribution is -2.26. The first-order valence-electron chi connectivity index (χ1n) is 5.01. The molecule has 1 aromatic carbocycles. The number of nitrogens with zero attached hydrogens (tertiary/aromatic N) is 1. The minimum absolute atomic E-state index is 0.0288. The molecule has 3 heteroatoms. The first-order valence-corrected chi connectivity index (χ1v) is 5.01. The lowest BCUT2D eigenvalue weighted by Gasteiger charge is -2.16. The number of hydrogen-bond donors (Lipinski definition) is 1. The van der Waals surface area contributed by atoms with E-state index in [0.29, 0.717) is 0 Å². The molecule has 3 nitrogen and oxygen atoms in total. The summed E-state index contributed by atoms with van der Waals surface area (Å²) in [6.07, 6.45) is 1.23. The van der Waals surface area contributed by atoms with Gasteiger partial charge in [0.15, 0.2) is 6.23 Å². The molecule has 1 fully saturated rings. The van der Waals surface area contributed by atoms with Crippen molar-refractivity contribution in [2.24, 2.45) is 0 Å². The van der Waals surface area contributed by atoms with Crippen LogP contribution in [0.1, 0.15) is 5.56 Å². The Kier molecular flexibility index (Phi) is 1.75. The third kappa shape index (κ3) is 1.13. The zero-order valence-corrected chi connectivity index (χ0v) is 7.89. The molecule has 0 bridgehead atoms. The van der Waals surface area contributed by atoms with Crippen LogP contribution >= 0.6 is 0 Å². The van der Waals surface area contributed by atoms with Gasteiger partial charge in [-0.05, 0) is 18.1 Å². The Hall–Kier alpha value is -1.06. The lowest BCUT2D eigenvalue weighted by molar-refractivity contribution is 0.242. The highest BCUT2D eigenvalue weighted by molar-refractivity contribution is 5.59. The Labute approximate surface area is 82.9 Å². The van der Waals surface area contributed by atoms with Crippen LogP contribution in [0.2, 0.25) is 0 Å². The number of ether oxygens (including phenoxy) is 1. The number of hydrogen-bond acceptors (Lipinski definition) is 3. The van der Waals surface area contributed by atoms with E-state index in [-0.39, 0.29) is 18.9 Å². The van der Waals surface area contributed by atoms with Crippen LogP contribution in [0.15, 0.2) is 24.3 Å². The second-order valence-corrected chi connectivity index (χ2v) is 3.82. The van der Waals surface area contributed by atoms with Gasteiger partial charge in [0.2, 0.25) is 0 Å². The van der Waals surface area contributed by atoms with Crippen molar-refractivity contribution < 1.29 is 9.84 Å². The fraction of sp³-hybridized carbons (Fsp3) is 0.455. The van der Waals surface area contributed by atoms with Crippen molar-refractivity contribution in [3.8, 4) is 0 Å². The molecular formula is C11H13NO2. The average molecular weight is 191 g/mol. The van der Waals surface area contributed by atoms with Crippen molar-refractivity contribution in [3.05, 3.63) is 29.8 Å². The van der Waals surface area contributed by atoms with E-state index in [9.17, 15) is 0 Å². The van der Waals surface area contributed by atoms with Crippen LogP contribution in [0.5, 0.6) is 0 Å². The normalized spacial score (nSPS) is 29.1. The molecule has 0 aromatic heterocycles. The molecule has 0 aliphatic carbocycles. The minimum atomic E-state index is 0.0288. The van der Waals surface area contributed by atoms with E-state index in [1.165, 1.54) is 11.3 Å². The molecule has 2 unspecified atom stereocenters. The second kappa shape index (κ2) is 2.97. The molecule has 1 aromatic rings. The lowest BCUT2D eigenvalue weighted by atomic mass is 10.2. The summed E-state index contributed by atoms with van der Waals surface area (Å²) in [5.74, 6) is 0. The van der Waals surface area contributed by atoms with Crippen molar-refractivity contribution >= 4 is 5.69 Å². The Morgan fingerprint density at radius 1 is 1.43 bits per heavy atom. The van der Waals surface area contributed by atoms with Crippen LogP contribution in [0.3, 0.4) is 0 Å². The molecule has 2 heterocycles. The molecule has 1 saturated heterocycles. The Morgan fingerprint density at radius 2 is 2.29 bits per heavy atom. The van der Waals surface area contributed by atoms with Gasteiger partial charge in [-0.2, -0.15) is 0 Å². The van der Waals surface area contributed by atoms with Crippen LogP contribution in [0.25, 0.3) is 0 Å². The Morgan fingerprint density at radius 3 is 3.07 bits per heavy atom. The predicted octanol–water partition coefficient (Wildman–Crippen LogP) is 0.766. The summed E-state index contributed by atoms with van der Waals surface area (Å²) in [6, 6.07) is 8.40. The minimum Gasteiger partial charge on any atom is -0.393 e. The quantitative estimate of drug-likeness (QED) is 0.701. The summed E-state index contributed by atoms with van der Waals surface area (Å²) in [7, 11) is 0. The number of rotatable bonds is 2. The van der Waals surface area contributed by atoms with Crippen molar-refractivity contribution in [3.63, 3.8) is 0 Å². The van der Waals surface area contributed by atoms with E-state index in [1.807, 2.05) is 6.07 Å². The summed E-state index contributed by atoms with van der Waals surface area (Å²) >= 11 is 0. The van der Waals surface area contributed by atoms with E-state index >= 15 is 0 Å². The van der Waals surface area contributed by atoms with E-state index in [1.54, 1.807) is 0 Å². The predicted molar refractivity (Wildman–Crippen MR) is 53.2 cm³/mol. The monoisotopic (exact) mass is 191 g/mol. The van der Waals surface area contributed by atoms with Gasteiger partial charge in [0.05, 0.1) is 6.61 Å². The van der Waals surface area contributed by atoms with E-state index in [0.717, 1.165) is 13.0 Å². The van der Waals surface area contributed by atoms with Crippen LogP contribution in [-0.2, 0) is 11.2 Å². The summed E-state index contributed by atoms with van der Waals surface area (Å²) in [4.78, 5) is 2.25. The maximum Gasteiger partial charge on any atom is 0.159 e. The number of aliphatic hydroxyl groups is 1. The van der Waals surface area contributed by atoms with Crippen LogP contribution < -0.4 is 4.90 Å². The Bertz CT molecular complexity index is 353. The average Bonchev–Trinajstić information content (AvgIpc) is 2.90. The zero-order chi connectivity index (χ0) is 9.54. The highest BCUT2D eigenvalue weighted by Crippen LogP contribution is 2.36. The van der Waals surface area contributed by atoms with Crippen LogP contribution in [0, 0.1) is 0 Å². The molecule has 1 N–H and O–H groups in total. The van der Waals surface area contributed by atoms with Gasteiger partial charge in [-0.1, -0.05) is 18.2 Å². The molecule has 0 amide bonds. The maximum atomic E-state index is 8.93. The molecule has 14 heavy (non-hydrogen) atoms. The molecule has 74 valence electrons. The first-order chi connectivity index (χ1) is 6.90. The smallest absolute Gasteiger partial charge is 0.159 e. The second-order valence-electron chi connectivity index (χ2n) is 3.82. The van der Waals surface area contributed by atoms with E-state index in [2.05, 4.69) is 23.1 Å². The molecule has 3 rings (SSSR count). The fourth-order valence-electron chi connectivity index (χ4n) is 2.17. The van der Waals surface area contributed by atoms with Gasteiger partial charge in [-0.25, -0.2) is 0 Å². The number of anilines is 1. The van der Waals surface area contributed by atoms with Gasteiger partial charge in [0.25, 0.3) is 0 Å². The number of aliphatic hydroxyl groups excluding tert-OH is 1. The number of para-hydroxylation sites is 1. The SMILES string of the molecule is OCC1OC1N1CCc2ccccc21. The first kappa shape index (κ1) is 8.26. The number of benzene rings is 1. The van der Waals surface area contributed by atoms with Gasteiger partial charge < -0.3 is 14.7 Å².